The zero-order valence-electron chi connectivity index (χ0n) is 7.56. The zero-order valence-corrected chi connectivity index (χ0v) is 7.56. The van der Waals surface area contributed by atoms with Crippen molar-refractivity contribution in [1.29, 1.82) is 0 Å². The summed E-state index contributed by atoms with van der Waals surface area (Å²) in [6, 6.07) is 0. The van der Waals surface area contributed by atoms with E-state index in [9.17, 15) is 0 Å². The number of nitrogens with zero attached hydrogens (tertiary/aromatic N) is 3. The fourth-order valence-electron chi connectivity index (χ4n) is 0.911. The molecule has 0 fully saturated rings. The van der Waals surface area contributed by atoms with Crippen LogP contribution in [0.4, 0.5) is 0 Å². The van der Waals surface area contributed by atoms with Crippen LogP contribution < -0.4 is 0 Å². The van der Waals surface area contributed by atoms with Gasteiger partial charge in [0.2, 0.25) is 0 Å². The first kappa shape index (κ1) is 9.19. The molecule has 0 bridgehead atoms. The highest BCUT2D eigenvalue weighted by Crippen LogP contribution is 2.01. The maximum Gasteiger partial charge on any atom is 0.108 e. The van der Waals surface area contributed by atoms with E-state index in [1.54, 1.807) is 10.9 Å². The Kier molecular flexibility index (Phi) is 3.22. The molecule has 0 atom stereocenters. The van der Waals surface area contributed by atoms with Crippen LogP contribution in [0, 0.1) is 5.92 Å². The summed E-state index contributed by atoms with van der Waals surface area (Å²) in [7, 11) is 0. The first-order valence-electron chi connectivity index (χ1n) is 4.22. The molecule has 0 saturated heterocycles. The van der Waals surface area contributed by atoms with Gasteiger partial charge in [0.15, 0.2) is 0 Å². The summed E-state index contributed by atoms with van der Waals surface area (Å²) in [4.78, 5) is 0. The minimum atomic E-state index is -0.0261. The molecule has 0 spiro atoms. The van der Waals surface area contributed by atoms with Gasteiger partial charge >= 0.3 is 0 Å². The van der Waals surface area contributed by atoms with Gasteiger partial charge in [-0.3, -0.25) is 4.68 Å². The summed E-state index contributed by atoms with van der Waals surface area (Å²) in [6.45, 7) is 5.19. The van der Waals surface area contributed by atoms with Gasteiger partial charge in [0.1, 0.15) is 5.69 Å². The maximum absolute atomic E-state index is 8.71. The molecule has 1 rings (SSSR count). The molecule has 12 heavy (non-hydrogen) atoms. The lowest BCUT2D eigenvalue weighted by molar-refractivity contribution is 0.276. The molecule has 1 N–H and O–H groups in total. The molecular weight excluding hydrogens is 154 g/mol. The quantitative estimate of drug-likeness (QED) is 0.725. The van der Waals surface area contributed by atoms with Gasteiger partial charge in [0.25, 0.3) is 0 Å². The van der Waals surface area contributed by atoms with Crippen LogP contribution in [0.15, 0.2) is 6.20 Å². The van der Waals surface area contributed by atoms with Gasteiger partial charge in [-0.15, -0.1) is 5.10 Å². The van der Waals surface area contributed by atoms with Crippen molar-refractivity contribution in [3.8, 4) is 0 Å². The average Bonchev–Trinajstić information content (AvgIpc) is 2.48. The van der Waals surface area contributed by atoms with E-state index in [-0.39, 0.29) is 6.61 Å². The Bertz CT molecular complexity index is 232. The number of hydrogen-bond acceptors (Lipinski definition) is 3. The SMILES string of the molecule is CC(C)CCn1cc(CO)nn1. The second-order valence-corrected chi connectivity index (χ2v) is 3.31. The maximum atomic E-state index is 8.71. The first-order valence-corrected chi connectivity index (χ1v) is 4.22. The number of rotatable bonds is 4. The van der Waals surface area contributed by atoms with Crippen molar-refractivity contribution in [2.75, 3.05) is 0 Å². The van der Waals surface area contributed by atoms with E-state index in [1.807, 2.05) is 0 Å². The molecule has 1 aromatic rings. The molecule has 0 aliphatic rings. The van der Waals surface area contributed by atoms with Crippen molar-refractivity contribution < 1.29 is 5.11 Å². The van der Waals surface area contributed by atoms with E-state index in [4.69, 9.17) is 5.11 Å². The summed E-state index contributed by atoms with van der Waals surface area (Å²) in [5, 5.41) is 16.4. The van der Waals surface area contributed by atoms with Gasteiger partial charge in [-0.1, -0.05) is 19.1 Å². The third-order valence-corrected chi connectivity index (χ3v) is 1.68. The number of aliphatic hydroxyl groups excluding tert-OH is 1. The molecule has 4 nitrogen and oxygen atoms in total. The van der Waals surface area contributed by atoms with Crippen LogP contribution >= 0.6 is 0 Å². The van der Waals surface area contributed by atoms with Gasteiger partial charge in [0, 0.05) is 6.54 Å². The normalized spacial score (nSPS) is 11.0. The number of aliphatic hydroxyl groups is 1. The standard InChI is InChI=1S/C8H15N3O/c1-7(2)3-4-11-5-8(6-12)9-10-11/h5,7,12H,3-4,6H2,1-2H3. The fraction of sp³-hybridized carbons (Fsp3) is 0.750. The Morgan fingerprint density at radius 2 is 2.33 bits per heavy atom. The predicted molar refractivity (Wildman–Crippen MR) is 45.4 cm³/mol. The average molecular weight is 169 g/mol. The lowest BCUT2D eigenvalue weighted by atomic mass is 10.1. The second kappa shape index (κ2) is 4.21. The number of aryl methyl sites for hydroxylation is 1. The summed E-state index contributed by atoms with van der Waals surface area (Å²) in [5.74, 6) is 0.673. The Hall–Kier alpha value is -0.900. The Labute approximate surface area is 72.2 Å². The van der Waals surface area contributed by atoms with E-state index >= 15 is 0 Å². The lowest BCUT2D eigenvalue weighted by Crippen LogP contribution is -2.01. The molecule has 0 unspecified atom stereocenters. The molecule has 0 saturated carbocycles. The largest absolute Gasteiger partial charge is 0.390 e. The van der Waals surface area contributed by atoms with E-state index in [2.05, 4.69) is 24.2 Å². The smallest absolute Gasteiger partial charge is 0.108 e. The third-order valence-electron chi connectivity index (χ3n) is 1.68. The summed E-state index contributed by atoms with van der Waals surface area (Å²) in [5.41, 5.74) is 0.638. The van der Waals surface area contributed by atoms with E-state index < -0.39 is 0 Å². The van der Waals surface area contributed by atoms with Gasteiger partial charge in [-0.25, -0.2) is 0 Å². The van der Waals surface area contributed by atoms with Gasteiger partial charge in [-0.05, 0) is 12.3 Å². The molecule has 0 amide bonds. The van der Waals surface area contributed by atoms with Crippen LogP contribution in [0.25, 0.3) is 0 Å². The van der Waals surface area contributed by atoms with E-state index in [0.29, 0.717) is 11.6 Å². The van der Waals surface area contributed by atoms with Crippen molar-refractivity contribution in [2.45, 2.75) is 33.4 Å². The van der Waals surface area contributed by atoms with Crippen LogP contribution in [0.2, 0.25) is 0 Å². The highest BCUT2D eigenvalue weighted by atomic mass is 16.3. The van der Waals surface area contributed by atoms with Crippen molar-refractivity contribution >= 4 is 0 Å². The minimum absolute atomic E-state index is 0.0261. The third kappa shape index (κ3) is 2.62. The van der Waals surface area contributed by atoms with Gasteiger partial charge < -0.3 is 5.11 Å². The van der Waals surface area contributed by atoms with Crippen LogP contribution in [0.1, 0.15) is 26.0 Å². The van der Waals surface area contributed by atoms with Gasteiger partial charge in [0.05, 0.1) is 12.8 Å². The molecule has 1 aromatic heterocycles. The van der Waals surface area contributed by atoms with E-state index in [0.717, 1.165) is 13.0 Å². The first-order chi connectivity index (χ1) is 5.72. The zero-order chi connectivity index (χ0) is 8.97. The molecule has 1 heterocycles. The molecule has 0 aliphatic carbocycles. The van der Waals surface area contributed by atoms with Crippen molar-refractivity contribution in [1.82, 2.24) is 15.0 Å². The highest BCUT2D eigenvalue weighted by molar-refractivity contribution is 4.88. The van der Waals surface area contributed by atoms with E-state index in [1.165, 1.54) is 0 Å². The molecule has 68 valence electrons. The van der Waals surface area contributed by atoms with Crippen LogP contribution in [-0.2, 0) is 13.2 Å². The van der Waals surface area contributed by atoms with Crippen LogP contribution in [-0.4, -0.2) is 20.1 Å². The molecule has 0 aromatic carbocycles. The van der Waals surface area contributed by atoms with Gasteiger partial charge in [-0.2, -0.15) is 0 Å². The molecular formula is C8H15N3O. The highest BCUT2D eigenvalue weighted by Gasteiger charge is 1.99. The Balaban J connectivity index is 2.41. The summed E-state index contributed by atoms with van der Waals surface area (Å²) in [6.07, 6.45) is 2.87. The minimum Gasteiger partial charge on any atom is -0.390 e. The molecule has 0 aliphatic heterocycles. The fourth-order valence-corrected chi connectivity index (χ4v) is 0.911. The monoisotopic (exact) mass is 169 g/mol. The van der Waals surface area contributed by atoms with Crippen LogP contribution in [0.5, 0.6) is 0 Å². The second-order valence-electron chi connectivity index (χ2n) is 3.31. The predicted octanol–water partition coefficient (Wildman–Crippen LogP) is 0.817. The number of hydrogen-bond donors (Lipinski definition) is 1. The Morgan fingerprint density at radius 1 is 1.58 bits per heavy atom. The molecule has 0 radical (unpaired) electrons. The summed E-state index contributed by atoms with van der Waals surface area (Å²) < 4.78 is 1.77. The van der Waals surface area contributed by atoms with Crippen molar-refractivity contribution in [3.05, 3.63) is 11.9 Å². The lowest BCUT2D eigenvalue weighted by Gasteiger charge is -2.02. The van der Waals surface area contributed by atoms with Crippen molar-refractivity contribution in [3.63, 3.8) is 0 Å². The van der Waals surface area contributed by atoms with Crippen LogP contribution in [0.3, 0.4) is 0 Å². The van der Waals surface area contributed by atoms with Crippen molar-refractivity contribution in [2.24, 2.45) is 5.92 Å². The topological polar surface area (TPSA) is 50.9 Å². The number of aromatic nitrogens is 3. The molecule has 4 heteroatoms. The summed E-state index contributed by atoms with van der Waals surface area (Å²) >= 11 is 0. The Morgan fingerprint density at radius 3 is 2.83 bits per heavy atom.